The Balaban J connectivity index is 1.94. The number of piperidine rings is 1. The normalized spacial score (nSPS) is 31.9. The van der Waals surface area contributed by atoms with Gasteiger partial charge in [-0.1, -0.05) is 26.7 Å². The monoisotopic (exact) mass is 298 g/mol. The number of carbonyl (C=O) groups excluding carboxylic acids is 1. The Kier molecular flexibility index (Phi) is 5.79. The van der Waals surface area contributed by atoms with Crippen molar-refractivity contribution in [2.75, 3.05) is 19.3 Å². The summed E-state index contributed by atoms with van der Waals surface area (Å²) in [7, 11) is 0. The van der Waals surface area contributed by atoms with Gasteiger partial charge in [0, 0.05) is 16.7 Å². The van der Waals surface area contributed by atoms with Crippen LogP contribution in [-0.4, -0.2) is 36.5 Å². The maximum Gasteiger partial charge on any atom is 0.226 e. The number of nitrogens with one attached hydrogen (secondary N) is 2. The topological polar surface area (TPSA) is 41.1 Å². The molecule has 1 aliphatic heterocycles. The second kappa shape index (κ2) is 7.17. The van der Waals surface area contributed by atoms with E-state index >= 15 is 0 Å². The van der Waals surface area contributed by atoms with Gasteiger partial charge in [-0.05, 0) is 50.9 Å². The summed E-state index contributed by atoms with van der Waals surface area (Å²) in [6, 6.07) is 0.377. The molecule has 2 N–H and O–H groups in total. The molecule has 0 aromatic heterocycles. The smallest absolute Gasteiger partial charge is 0.226 e. The van der Waals surface area contributed by atoms with Crippen LogP contribution < -0.4 is 10.6 Å². The van der Waals surface area contributed by atoms with Crippen molar-refractivity contribution in [2.45, 2.75) is 63.7 Å². The van der Waals surface area contributed by atoms with Gasteiger partial charge in [0.1, 0.15) is 0 Å². The van der Waals surface area contributed by atoms with Crippen molar-refractivity contribution in [2.24, 2.45) is 11.3 Å². The molecule has 116 valence electrons. The van der Waals surface area contributed by atoms with Gasteiger partial charge in [-0.2, -0.15) is 11.8 Å². The summed E-state index contributed by atoms with van der Waals surface area (Å²) in [6.07, 6.45) is 9.50. The fourth-order valence-electron chi connectivity index (χ4n) is 3.55. The lowest BCUT2D eigenvalue weighted by atomic mass is 9.74. The molecule has 3 nitrogen and oxygen atoms in total. The first-order valence-corrected chi connectivity index (χ1v) is 9.39. The van der Waals surface area contributed by atoms with Crippen molar-refractivity contribution in [1.29, 1.82) is 0 Å². The van der Waals surface area contributed by atoms with Crippen molar-refractivity contribution in [1.82, 2.24) is 10.6 Å². The number of thioether (sulfide) groups is 1. The van der Waals surface area contributed by atoms with E-state index in [9.17, 15) is 4.79 Å². The van der Waals surface area contributed by atoms with Gasteiger partial charge >= 0.3 is 0 Å². The molecule has 0 aromatic rings. The van der Waals surface area contributed by atoms with Gasteiger partial charge in [-0.15, -0.1) is 0 Å². The summed E-state index contributed by atoms with van der Waals surface area (Å²) in [6.45, 7) is 6.33. The summed E-state index contributed by atoms with van der Waals surface area (Å²) >= 11 is 1.91. The molecule has 2 rings (SSSR count). The Bertz CT molecular complexity index is 326. The zero-order chi connectivity index (χ0) is 14.6. The van der Waals surface area contributed by atoms with Crippen LogP contribution in [0.4, 0.5) is 0 Å². The highest BCUT2D eigenvalue weighted by Crippen LogP contribution is 2.33. The number of hydrogen-bond acceptors (Lipinski definition) is 3. The average molecular weight is 298 g/mol. The van der Waals surface area contributed by atoms with Gasteiger partial charge in [-0.25, -0.2) is 0 Å². The maximum absolute atomic E-state index is 12.7. The fourth-order valence-corrected chi connectivity index (χ4v) is 4.49. The predicted molar refractivity (Wildman–Crippen MR) is 87.1 cm³/mol. The highest BCUT2D eigenvalue weighted by Gasteiger charge is 2.39. The first-order valence-electron chi connectivity index (χ1n) is 8.10. The van der Waals surface area contributed by atoms with E-state index in [0.717, 1.165) is 19.5 Å². The minimum Gasteiger partial charge on any atom is -0.352 e. The first kappa shape index (κ1) is 16.2. The van der Waals surface area contributed by atoms with Gasteiger partial charge in [0.25, 0.3) is 0 Å². The molecule has 2 fully saturated rings. The molecule has 3 atom stereocenters. The number of hydrogen-bond donors (Lipinski definition) is 2. The lowest BCUT2D eigenvalue weighted by Gasteiger charge is -2.39. The third-order valence-electron chi connectivity index (χ3n) is 5.22. The molecular formula is C16H30N2OS. The molecule has 1 amide bonds. The van der Waals surface area contributed by atoms with Crippen LogP contribution in [0.15, 0.2) is 0 Å². The van der Waals surface area contributed by atoms with Crippen LogP contribution in [0.1, 0.15) is 52.4 Å². The number of carbonyl (C=O) groups is 1. The summed E-state index contributed by atoms with van der Waals surface area (Å²) in [5.74, 6) is 0.727. The van der Waals surface area contributed by atoms with Crippen LogP contribution in [0.2, 0.25) is 0 Å². The van der Waals surface area contributed by atoms with E-state index in [1.807, 2.05) is 11.8 Å². The van der Waals surface area contributed by atoms with Crippen LogP contribution >= 0.6 is 11.8 Å². The third-order valence-corrected chi connectivity index (χ3v) is 6.39. The van der Waals surface area contributed by atoms with E-state index in [1.54, 1.807) is 0 Å². The van der Waals surface area contributed by atoms with Gasteiger partial charge in [-0.3, -0.25) is 4.79 Å². The molecule has 1 saturated heterocycles. The summed E-state index contributed by atoms with van der Waals surface area (Å²) < 4.78 is 0. The molecule has 0 radical (unpaired) electrons. The predicted octanol–water partition coefficient (Wildman–Crippen LogP) is 2.80. The van der Waals surface area contributed by atoms with E-state index in [4.69, 9.17) is 0 Å². The molecule has 3 unspecified atom stereocenters. The van der Waals surface area contributed by atoms with Gasteiger partial charge in [0.15, 0.2) is 0 Å². The van der Waals surface area contributed by atoms with Crippen LogP contribution in [-0.2, 0) is 4.79 Å². The molecule has 4 heteroatoms. The van der Waals surface area contributed by atoms with E-state index in [2.05, 4.69) is 30.7 Å². The minimum atomic E-state index is -0.256. The minimum absolute atomic E-state index is 0.256. The summed E-state index contributed by atoms with van der Waals surface area (Å²) in [5.41, 5.74) is -0.256. The Labute approximate surface area is 128 Å². The van der Waals surface area contributed by atoms with Crippen LogP contribution in [0.25, 0.3) is 0 Å². The zero-order valence-corrected chi connectivity index (χ0v) is 14.0. The Morgan fingerprint density at radius 2 is 1.95 bits per heavy atom. The van der Waals surface area contributed by atoms with Crippen molar-refractivity contribution < 1.29 is 4.79 Å². The Hall–Kier alpha value is -0.220. The molecule has 1 saturated carbocycles. The number of amides is 1. The van der Waals surface area contributed by atoms with Gasteiger partial charge < -0.3 is 10.6 Å². The highest BCUT2D eigenvalue weighted by molar-refractivity contribution is 7.99. The van der Waals surface area contributed by atoms with Crippen molar-refractivity contribution in [3.63, 3.8) is 0 Å². The van der Waals surface area contributed by atoms with E-state index in [1.165, 1.54) is 32.1 Å². The fraction of sp³-hybridized carbons (Fsp3) is 0.938. The van der Waals surface area contributed by atoms with E-state index < -0.39 is 0 Å². The largest absolute Gasteiger partial charge is 0.352 e. The van der Waals surface area contributed by atoms with Crippen molar-refractivity contribution in [3.05, 3.63) is 0 Å². The second-order valence-electron chi connectivity index (χ2n) is 6.90. The lowest BCUT2D eigenvalue weighted by molar-refractivity contribution is -0.133. The average Bonchev–Trinajstić information content (AvgIpc) is 2.48. The summed E-state index contributed by atoms with van der Waals surface area (Å²) in [5, 5.41) is 7.41. The summed E-state index contributed by atoms with van der Waals surface area (Å²) in [4.78, 5) is 12.7. The van der Waals surface area contributed by atoms with Crippen LogP contribution in [0.5, 0.6) is 0 Å². The van der Waals surface area contributed by atoms with Gasteiger partial charge in [0.05, 0.1) is 0 Å². The van der Waals surface area contributed by atoms with Crippen LogP contribution in [0, 0.1) is 11.3 Å². The standard InChI is InChI=1S/C16H30N2OS/c1-16(2,12-7-6-10-17-11-12)15(19)18-13-8-4-5-9-14(13)20-3/h12-14,17H,4-11H2,1-3H3,(H,18,19). The molecule has 1 aliphatic carbocycles. The zero-order valence-electron chi connectivity index (χ0n) is 13.2. The molecule has 0 spiro atoms. The molecule has 20 heavy (non-hydrogen) atoms. The molecule has 0 bridgehead atoms. The van der Waals surface area contributed by atoms with Crippen molar-refractivity contribution >= 4 is 17.7 Å². The molecule has 0 aromatic carbocycles. The highest BCUT2D eigenvalue weighted by atomic mass is 32.2. The third kappa shape index (κ3) is 3.70. The first-order chi connectivity index (χ1) is 9.55. The maximum atomic E-state index is 12.7. The van der Waals surface area contributed by atoms with E-state index in [-0.39, 0.29) is 11.3 Å². The van der Waals surface area contributed by atoms with Crippen LogP contribution in [0.3, 0.4) is 0 Å². The lowest BCUT2D eigenvalue weighted by Crippen LogP contribution is -2.52. The Morgan fingerprint density at radius 1 is 1.20 bits per heavy atom. The SMILES string of the molecule is CSC1CCCCC1NC(=O)C(C)(C)C1CCCNC1. The second-order valence-corrected chi connectivity index (χ2v) is 7.98. The quantitative estimate of drug-likeness (QED) is 0.838. The van der Waals surface area contributed by atoms with E-state index in [0.29, 0.717) is 17.2 Å². The van der Waals surface area contributed by atoms with Crippen molar-refractivity contribution in [3.8, 4) is 0 Å². The molecule has 1 heterocycles. The number of rotatable bonds is 4. The molecular weight excluding hydrogens is 268 g/mol. The Morgan fingerprint density at radius 3 is 2.60 bits per heavy atom. The van der Waals surface area contributed by atoms with Gasteiger partial charge in [0.2, 0.25) is 5.91 Å². The molecule has 2 aliphatic rings.